The Hall–Kier alpha value is -0.840. The molecular formula is C11H17NO. The Labute approximate surface area is 79.9 Å². The molecule has 0 aromatic rings. The summed E-state index contributed by atoms with van der Waals surface area (Å²) in [5.41, 5.74) is 0. The summed E-state index contributed by atoms with van der Waals surface area (Å²) in [5.74, 6) is 1.25. The van der Waals surface area contributed by atoms with Crippen LogP contribution in [0.2, 0.25) is 0 Å². The van der Waals surface area contributed by atoms with E-state index in [2.05, 4.69) is 6.07 Å². The van der Waals surface area contributed by atoms with Crippen LogP contribution in [0.15, 0.2) is 0 Å². The highest BCUT2D eigenvalue weighted by molar-refractivity contribution is 5.75. The molecule has 1 rings (SSSR count). The number of hydrogen-bond donors (Lipinski definition) is 0. The number of ketones is 1. The van der Waals surface area contributed by atoms with E-state index in [-0.39, 0.29) is 5.78 Å². The molecule has 2 atom stereocenters. The molecule has 0 spiro atoms. The summed E-state index contributed by atoms with van der Waals surface area (Å²) < 4.78 is 0. The van der Waals surface area contributed by atoms with E-state index in [0.717, 1.165) is 12.8 Å². The Bertz CT molecular complexity index is 217. The molecule has 0 aromatic carbocycles. The molecule has 1 aliphatic carbocycles. The van der Waals surface area contributed by atoms with Crippen LogP contribution in [0, 0.1) is 23.2 Å². The van der Waals surface area contributed by atoms with E-state index in [1.165, 1.54) is 12.8 Å². The van der Waals surface area contributed by atoms with Gasteiger partial charge in [-0.2, -0.15) is 5.26 Å². The molecule has 13 heavy (non-hydrogen) atoms. The van der Waals surface area contributed by atoms with Gasteiger partial charge in [-0.25, -0.2) is 0 Å². The topological polar surface area (TPSA) is 40.9 Å². The quantitative estimate of drug-likeness (QED) is 0.668. The third-order valence-corrected chi connectivity index (χ3v) is 2.97. The summed E-state index contributed by atoms with van der Waals surface area (Å²) in [6.45, 7) is 1.65. The number of hydrogen-bond acceptors (Lipinski definition) is 2. The number of nitriles is 1. The molecule has 0 unspecified atom stereocenters. The second-order valence-electron chi connectivity index (χ2n) is 4.07. The summed E-state index contributed by atoms with van der Waals surface area (Å²) in [7, 11) is 0. The van der Waals surface area contributed by atoms with Crippen molar-refractivity contribution in [1.29, 1.82) is 5.26 Å². The SMILES string of the molecule is CC(=O)C[C@@H]1CCCC[C@H]1CC#N. The van der Waals surface area contributed by atoms with Crippen molar-refractivity contribution in [2.75, 3.05) is 0 Å². The molecule has 1 fully saturated rings. The molecule has 0 aromatic heterocycles. The fourth-order valence-electron chi connectivity index (χ4n) is 2.31. The molecule has 0 bridgehead atoms. The molecule has 72 valence electrons. The minimum Gasteiger partial charge on any atom is -0.300 e. The van der Waals surface area contributed by atoms with Gasteiger partial charge < -0.3 is 4.79 Å². The normalized spacial score (nSPS) is 28.0. The fourth-order valence-corrected chi connectivity index (χ4v) is 2.31. The molecule has 0 saturated heterocycles. The molecule has 1 saturated carbocycles. The van der Waals surface area contributed by atoms with Crippen molar-refractivity contribution in [3.05, 3.63) is 0 Å². The van der Waals surface area contributed by atoms with Crippen LogP contribution in [0.25, 0.3) is 0 Å². The minimum atomic E-state index is 0.273. The molecule has 0 N–H and O–H groups in total. The first-order valence-corrected chi connectivity index (χ1v) is 5.10. The van der Waals surface area contributed by atoms with Crippen LogP contribution in [0.3, 0.4) is 0 Å². The Balaban J connectivity index is 2.47. The third kappa shape index (κ3) is 3.18. The lowest BCUT2D eigenvalue weighted by atomic mass is 9.75. The van der Waals surface area contributed by atoms with E-state index in [1.54, 1.807) is 6.92 Å². The smallest absolute Gasteiger partial charge is 0.130 e. The van der Waals surface area contributed by atoms with Gasteiger partial charge in [-0.1, -0.05) is 12.8 Å². The summed E-state index contributed by atoms with van der Waals surface area (Å²) >= 11 is 0. The second kappa shape index (κ2) is 5.01. The van der Waals surface area contributed by atoms with E-state index in [1.807, 2.05) is 0 Å². The zero-order valence-electron chi connectivity index (χ0n) is 8.25. The molecular weight excluding hydrogens is 162 g/mol. The Morgan fingerprint density at radius 3 is 2.54 bits per heavy atom. The van der Waals surface area contributed by atoms with Crippen LogP contribution in [0.5, 0.6) is 0 Å². The average Bonchev–Trinajstić information content (AvgIpc) is 2.08. The van der Waals surface area contributed by atoms with Crippen molar-refractivity contribution in [2.24, 2.45) is 11.8 Å². The van der Waals surface area contributed by atoms with Crippen LogP contribution in [0.4, 0.5) is 0 Å². The second-order valence-corrected chi connectivity index (χ2v) is 4.07. The van der Waals surface area contributed by atoms with E-state index >= 15 is 0 Å². The predicted octanol–water partition coefficient (Wildman–Crippen LogP) is 2.69. The van der Waals surface area contributed by atoms with Gasteiger partial charge in [-0.3, -0.25) is 0 Å². The van der Waals surface area contributed by atoms with Crippen LogP contribution in [-0.2, 0) is 4.79 Å². The van der Waals surface area contributed by atoms with Crippen molar-refractivity contribution in [1.82, 2.24) is 0 Å². The van der Waals surface area contributed by atoms with Gasteiger partial charge >= 0.3 is 0 Å². The van der Waals surface area contributed by atoms with Crippen molar-refractivity contribution in [3.8, 4) is 6.07 Å². The lowest BCUT2D eigenvalue weighted by Crippen LogP contribution is -2.21. The zero-order chi connectivity index (χ0) is 9.68. The molecule has 0 radical (unpaired) electrons. The molecule has 1 aliphatic rings. The number of rotatable bonds is 3. The van der Waals surface area contributed by atoms with Crippen molar-refractivity contribution >= 4 is 5.78 Å². The number of carbonyl (C=O) groups is 1. The number of Topliss-reactive ketones (excluding diaryl/α,β-unsaturated/α-hetero) is 1. The van der Waals surface area contributed by atoms with Gasteiger partial charge in [0.2, 0.25) is 0 Å². The van der Waals surface area contributed by atoms with Gasteiger partial charge in [0, 0.05) is 12.8 Å². The molecule has 0 aliphatic heterocycles. The highest BCUT2D eigenvalue weighted by Crippen LogP contribution is 2.34. The Kier molecular flexibility index (Phi) is 3.95. The number of nitrogens with zero attached hydrogens (tertiary/aromatic N) is 1. The highest BCUT2D eigenvalue weighted by Gasteiger charge is 2.25. The summed E-state index contributed by atoms with van der Waals surface area (Å²) in [5, 5.41) is 8.64. The molecule has 0 amide bonds. The van der Waals surface area contributed by atoms with Crippen molar-refractivity contribution < 1.29 is 4.79 Å². The van der Waals surface area contributed by atoms with Gasteiger partial charge in [-0.15, -0.1) is 0 Å². The minimum absolute atomic E-state index is 0.273. The third-order valence-electron chi connectivity index (χ3n) is 2.97. The highest BCUT2D eigenvalue weighted by atomic mass is 16.1. The van der Waals surface area contributed by atoms with Crippen LogP contribution in [0.1, 0.15) is 45.4 Å². The Morgan fingerprint density at radius 2 is 2.00 bits per heavy atom. The molecule has 2 nitrogen and oxygen atoms in total. The van der Waals surface area contributed by atoms with Crippen LogP contribution < -0.4 is 0 Å². The van der Waals surface area contributed by atoms with E-state index < -0.39 is 0 Å². The van der Waals surface area contributed by atoms with Gasteiger partial charge in [0.05, 0.1) is 6.07 Å². The zero-order valence-corrected chi connectivity index (χ0v) is 8.25. The fraction of sp³-hybridized carbons (Fsp3) is 0.818. The standard InChI is InChI=1S/C11H17NO/c1-9(13)8-11-5-3-2-4-10(11)6-7-12/h10-11H,2-6,8H2,1H3/t10-,11-/m0/s1. The van der Waals surface area contributed by atoms with Gasteiger partial charge in [-0.05, 0) is 31.6 Å². The maximum Gasteiger partial charge on any atom is 0.130 e. The van der Waals surface area contributed by atoms with E-state index in [0.29, 0.717) is 24.7 Å². The predicted molar refractivity (Wildman–Crippen MR) is 51.0 cm³/mol. The largest absolute Gasteiger partial charge is 0.300 e. The molecule has 0 heterocycles. The summed E-state index contributed by atoms with van der Waals surface area (Å²) in [6.07, 6.45) is 6.09. The number of carbonyl (C=O) groups excluding carboxylic acids is 1. The first kappa shape index (κ1) is 10.2. The molecule has 2 heteroatoms. The average molecular weight is 179 g/mol. The monoisotopic (exact) mass is 179 g/mol. The van der Waals surface area contributed by atoms with Gasteiger partial charge in [0.15, 0.2) is 0 Å². The lowest BCUT2D eigenvalue weighted by Gasteiger charge is -2.29. The van der Waals surface area contributed by atoms with Crippen molar-refractivity contribution in [2.45, 2.75) is 45.4 Å². The lowest BCUT2D eigenvalue weighted by molar-refractivity contribution is -0.118. The maximum atomic E-state index is 11.0. The summed E-state index contributed by atoms with van der Waals surface area (Å²) in [6, 6.07) is 2.23. The Morgan fingerprint density at radius 1 is 1.38 bits per heavy atom. The van der Waals surface area contributed by atoms with E-state index in [4.69, 9.17) is 5.26 Å². The van der Waals surface area contributed by atoms with Gasteiger partial charge in [0.25, 0.3) is 0 Å². The maximum absolute atomic E-state index is 11.0. The van der Waals surface area contributed by atoms with Crippen molar-refractivity contribution in [3.63, 3.8) is 0 Å². The summed E-state index contributed by atoms with van der Waals surface area (Å²) in [4.78, 5) is 11.0. The first-order chi connectivity index (χ1) is 6.24. The van der Waals surface area contributed by atoms with Gasteiger partial charge in [0.1, 0.15) is 5.78 Å². The van der Waals surface area contributed by atoms with Crippen LogP contribution in [-0.4, -0.2) is 5.78 Å². The van der Waals surface area contributed by atoms with Crippen LogP contribution >= 0.6 is 0 Å². The first-order valence-electron chi connectivity index (χ1n) is 5.10. The van der Waals surface area contributed by atoms with E-state index in [9.17, 15) is 4.79 Å².